The summed E-state index contributed by atoms with van der Waals surface area (Å²) in [7, 11) is 0. The van der Waals surface area contributed by atoms with E-state index in [-0.39, 0.29) is 0 Å². The minimum absolute atomic E-state index is 0.531. The van der Waals surface area contributed by atoms with Crippen molar-refractivity contribution in [1.82, 2.24) is 10.2 Å². The maximum Gasteiger partial charge on any atom is 0.0245 e. The predicted octanol–water partition coefficient (Wildman–Crippen LogP) is 3.89. The van der Waals surface area contributed by atoms with E-state index in [1.807, 2.05) is 0 Å². The summed E-state index contributed by atoms with van der Waals surface area (Å²) in [6.07, 6.45) is 1.32. The number of thioether (sulfide) groups is 1. The Labute approximate surface area is 135 Å². The van der Waals surface area contributed by atoms with Gasteiger partial charge in [-0.25, -0.2) is 0 Å². The zero-order valence-electron chi connectivity index (χ0n) is 12.5. The topological polar surface area (TPSA) is 15.3 Å². The van der Waals surface area contributed by atoms with Crippen molar-refractivity contribution in [2.45, 2.75) is 39.4 Å². The van der Waals surface area contributed by atoms with Gasteiger partial charge >= 0.3 is 0 Å². The molecule has 112 valence electrons. The second kappa shape index (κ2) is 8.42. The molecule has 1 aromatic rings. The minimum Gasteiger partial charge on any atom is -0.310 e. The van der Waals surface area contributed by atoms with Gasteiger partial charge in [0, 0.05) is 35.9 Å². The Balaban J connectivity index is 1.94. The summed E-state index contributed by atoms with van der Waals surface area (Å²) in [6, 6.07) is 7.32. The van der Waals surface area contributed by atoms with Crippen molar-refractivity contribution >= 4 is 27.7 Å². The molecule has 4 heteroatoms. The molecule has 20 heavy (non-hydrogen) atoms. The molecule has 1 aromatic carbocycles. The summed E-state index contributed by atoms with van der Waals surface area (Å²) in [5.74, 6) is 2.59. The van der Waals surface area contributed by atoms with Gasteiger partial charge in [0.05, 0.1) is 0 Å². The van der Waals surface area contributed by atoms with Crippen LogP contribution in [0.2, 0.25) is 0 Å². The Kier molecular flexibility index (Phi) is 6.88. The number of hydrogen-bond donors (Lipinski definition) is 1. The highest BCUT2D eigenvalue weighted by Crippen LogP contribution is 2.22. The van der Waals surface area contributed by atoms with E-state index in [2.05, 4.69) is 70.0 Å². The van der Waals surface area contributed by atoms with Crippen LogP contribution in [-0.2, 0) is 13.1 Å². The number of hydrogen-bond acceptors (Lipinski definition) is 3. The number of nitrogens with zero attached hydrogens (tertiary/aromatic N) is 1. The maximum absolute atomic E-state index is 3.74. The number of halogens is 1. The van der Waals surface area contributed by atoms with Crippen molar-refractivity contribution < 1.29 is 0 Å². The van der Waals surface area contributed by atoms with E-state index in [9.17, 15) is 0 Å². The third-order valence-electron chi connectivity index (χ3n) is 3.54. The van der Waals surface area contributed by atoms with Gasteiger partial charge in [0.25, 0.3) is 0 Å². The molecule has 0 bridgehead atoms. The molecule has 1 aliphatic rings. The second-order valence-electron chi connectivity index (χ2n) is 5.70. The van der Waals surface area contributed by atoms with E-state index < -0.39 is 0 Å². The largest absolute Gasteiger partial charge is 0.310 e. The van der Waals surface area contributed by atoms with E-state index in [1.54, 1.807) is 0 Å². The molecule has 1 fully saturated rings. The van der Waals surface area contributed by atoms with Crippen LogP contribution in [0.3, 0.4) is 0 Å². The van der Waals surface area contributed by atoms with Gasteiger partial charge in [0.1, 0.15) is 0 Å². The average Bonchev–Trinajstić information content (AvgIpc) is 2.68. The highest BCUT2D eigenvalue weighted by atomic mass is 79.9. The van der Waals surface area contributed by atoms with Crippen molar-refractivity contribution in [3.8, 4) is 0 Å². The molecule has 0 saturated carbocycles. The molecule has 2 rings (SSSR count). The van der Waals surface area contributed by atoms with Gasteiger partial charge in [-0.05, 0) is 35.9 Å². The van der Waals surface area contributed by atoms with Gasteiger partial charge in [-0.3, -0.25) is 4.90 Å². The van der Waals surface area contributed by atoms with Gasteiger partial charge in [-0.1, -0.05) is 41.9 Å². The molecule has 0 aromatic heterocycles. The molecule has 2 nitrogen and oxygen atoms in total. The average molecular weight is 357 g/mol. The lowest BCUT2D eigenvalue weighted by atomic mass is 10.1. The fourth-order valence-electron chi connectivity index (χ4n) is 2.35. The lowest BCUT2D eigenvalue weighted by molar-refractivity contribution is 0.287. The molecule has 1 saturated heterocycles. The predicted molar refractivity (Wildman–Crippen MR) is 93.3 cm³/mol. The first-order chi connectivity index (χ1) is 9.65. The molecule has 1 N–H and O–H groups in total. The minimum atomic E-state index is 0.531. The lowest BCUT2D eigenvalue weighted by Gasteiger charge is -2.20. The fraction of sp³-hybridized carbons (Fsp3) is 0.625. The summed E-state index contributed by atoms with van der Waals surface area (Å²) in [5.41, 5.74) is 2.76. The van der Waals surface area contributed by atoms with Crippen LogP contribution in [0.15, 0.2) is 22.7 Å². The zero-order chi connectivity index (χ0) is 14.4. The van der Waals surface area contributed by atoms with E-state index >= 15 is 0 Å². The van der Waals surface area contributed by atoms with Crippen LogP contribution < -0.4 is 5.32 Å². The SMILES string of the molecule is CC(C)NCc1ccc(CN2CCCSCC2)c(Br)c1. The first-order valence-corrected chi connectivity index (χ1v) is 9.40. The van der Waals surface area contributed by atoms with Crippen LogP contribution in [0.5, 0.6) is 0 Å². The van der Waals surface area contributed by atoms with Crippen molar-refractivity contribution in [2.24, 2.45) is 0 Å². The Morgan fingerprint density at radius 1 is 1.30 bits per heavy atom. The number of nitrogens with one attached hydrogen (secondary N) is 1. The number of benzene rings is 1. The Hall–Kier alpha value is -0.0300. The third-order valence-corrected chi connectivity index (χ3v) is 5.33. The molecule has 0 atom stereocenters. The molecule has 0 aliphatic carbocycles. The van der Waals surface area contributed by atoms with Crippen molar-refractivity contribution in [1.29, 1.82) is 0 Å². The Morgan fingerprint density at radius 2 is 2.15 bits per heavy atom. The van der Waals surface area contributed by atoms with Gasteiger partial charge in [-0.15, -0.1) is 0 Å². The van der Waals surface area contributed by atoms with Crippen LogP contribution >= 0.6 is 27.7 Å². The van der Waals surface area contributed by atoms with Crippen LogP contribution in [-0.4, -0.2) is 35.5 Å². The monoisotopic (exact) mass is 356 g/mol. The molecule has 0 unspecified atom stereocenters. The van der Waals surface area contributed by atoms with Crippen LogP contribution in [0.4, 0.5) is 0 Å². The Bertz CT molecular complexity index is 415. The quantitative estimate of drug-likeness (QED) is 0.861. The normalized spacial score (nSPS) is 17.4. The summed E-state index contributed by atoms with van der Waals surface area (Å²) >= 11 is 5.83. The number of rotatable bonds is 5. The van der Waals surface area contributed by atoms with Crippen molar-refractivity contribution in [3.63, 3.8) is 0 Å². The molecule has 1 aliphatic heterocycles. The van der Waals surface area contributed by atoms with Crippen molar-refractivity contribution in [2.75, 3.05) is 24.6 Å². The molecule has 0 amide bonds. The van der Waals surface area contributed by atoms with Gasteiger partial charge in [0.2, 0.25) is 0 Å². The van der Waals surface area contributed by atoms with E-state index in [4.69, 9.17) is 0 Å². The maximum atomic E-state index is 3.74. The lowest BCUT2D eigenvalue weighted by Crippen LogP contribution is -2.25. The summed E-state index contributed by atoms with van der Waals surface area (Å²) in [5, 5.41) is 3.46. The highest BCUT2D eigenvalue weighted by Gasteiger charge is 2.11. The molecule has 0 spiro atoms. The van der Waals surface area contributed by atoms with E-state index in [0.717, 1.165) is 13.1 Å². The van der Waals surface area contributed by atoms with Crippen LogP contribution in [0, 0.1) is 0 Å². The summed E-state index contributed by atoms with van der Waals surface area (Å²) in [4.78, 5) is 2.58. The van der Waals surface area contributed by atoms with Crippen molar-refractivity contribution in [3.05, 3.63) is 33.8 Å². The summed E-state index contributed by atoms with van der Waals surface area (Å²) < 4.78 is 1.25. The van der Waals surface area contributed by atoms with Crippen LogP contribution in [0.1, 0.15) is 31.4 Å². The Morgan fingerprint density at radius 3 is 2.90 bits per heavy atom. The molecular weight excluding hydrogens is 332 g/mol. The first-order valence-electron chi connectivity index (χ1n) is 7.46. The zero-order valence-corrected chi connectivity index (χ0v) is 14.9. The summed E-state index contributed by atoms with van der Waals surface area (Å²) in [6.45, 7) is 8.82. The molecule has 0 radical (unpaired) electrons. The first kappa shape index (κ1) is 16.3. The standard InChI is InChI=1S/C16H25BrN2S/c1-13(2)18-11-14-4-5-15(16(17)10-14)12-19-6-3-8-20-9-7-19/h4-5,10,13,18H,3,6-9,11-12H2,1-2H3. The van der Waals surface area contributed by atoms with Gasteiger partial charge in [-0.2, -0.15) is 11.8 Å². The van der Waals surface area contributed by atoms with Gasteiger partial charge in [0.15, 0.2) is 0 Å². The highest BCUT2D eigenvalue weighted by molar-refractivity contribution is 9.10. The smallest absolute Gasteiger partial charge is 0.0245 e. The molecular formula is C16H25BrN2S. The van der Waals surface area contributed by atoms with E-state index in [0.29, 0.717) is 6.04 Å². The molecule has 1 heterocycles. The van der Waals surface area contributed by atoms with Crippen LogP contribution in [0.25, 0.3) is 0 Å². The van der Waals surface area contributed by atoms with Gasteiger partial charge < -0.3 is 5.32 Å². The van der Waals surface area contributed by atoms with E-state index in [1.165, 1.54) is 46.6 Å². The fourth-order valence-corrected chi connectivity index (χ4v) is 3.82. The third kappa shape index (κ3) is 5.40. The second-order valence-corrected chi connectivity index (χ2v) is 7.78.